The molecule has 3 aromatic rings. The predicted octanol–water partition coefficient (Wildman–Crippen LogP) is 2.27. The average molecular weight is 494 g/mol. The number of likely N-dealkylation sites (tertiary alicyclic amines) is 1. The third-order valence-electron chi connectivity index (χ3n) is 6.65. The van der Waals surface area contributed by atoms with Crippen molar-refractivity contribution in [3.8, 4) is 0 Å². The van der Waals surface area contributed by atoms with Gasteiger partial charge in [0.25, 0.3) is 5.91 Å². The molecule has 1 saturated heterocycles. The average Bonchev–Trinajstić information content (AvgIpc) is 3.38. The molecule has 1 aromatic heterocycles. The predicted molar refractivity (Wildman–Crippen MR) is 133 cm³/mol. The highest BCUT2D eigenvalue weighted by Gasteiger charge is 2.37. The molecule has 0 radical (unpaired) electrons. The summed E-state index contributed by atoms with van der Waals surface area (Å²) in [5, 5.41) is 2.92. The van der Waals surface area contributed by atoms with Crippen molar-refractivity contribution in [3.05, 3.63) is 77.4 Å². The van der Waals surface area contributed by atoms with Crippen molar-refractivity contribution in [3.63, 3.8) is 0 Å². The monoisotopic (exact) mass is 493 g/mol. The molecule has 2 aliphatic heterocycles. The Morgan fingerprint density at radius 1 is 1.14 bits per heavy atom. The molecule has 2 amide bonds. The Kier molecular flexibility index (Phi) is 5.84. The van der Waals surface area contributed by atoms with Crippen LogP contribution in [0.15, 0.2) is 54.9 Å². The summed E-state index contributed by atoms with van der Waals surface area (Å²) in [4.78, 5) is 31.8. The maximum absolute atomic E-state index is 13.1. The van der Waals surface area contributed by atoms with E-state index >= 15 is 0 Å². The molecule has 1 N–H and O–H groups in total. The van der Waals surface area contributed by atoms with Gasteiger partial charge >= 0.3 is 0 Å². The van der Waals surface area contributed by atoms with Gasteiger partial charge in [-0.3, -0.25) is 13.9 Å². The van der Waals surface area contributed by atoms with Crippen molar-refractivity contribution in [2.45, 2.75) is 19.9 Å². The summed E-state index contributed by atoms with van der Waals surface area (Å²) >= 11 is 0. The van der Waals surface area contributed by atoms with E-state index < -0.39 is 10.0 Å². The second kappa shape index (κ2) is 8.84. The molecule has 2 aromatic carbocycles. The number of fused-ring (bicyclic) bond motifs is 1. The number of amides is 2. The third kappa shape index (κ3) is 4.53. The molecule has 1 fully saturated rings. The summed E-state index contributed by atoms with van der Waals surface area (Å²) in [6, 6.07) is 12.8. The number of rotatable bonds is 6. The SMILES string of the molecule is Cc1nccn1Cc1ccccc1C(=O)N1CC(C(=O)Nc2ccc3c(c2)CCN3S(C)(=O)=O)C1. The smallest absolute Gasteiger partial charge is 0.254 e. The molecule has 0 spiro atoms. The molecule has 0 atom stereocenters. The Hall–Kier alpha value is -3.66. The van der Waals surface area contributed by atoms with Gasteiger partial charge in [0, 0.05) is 49.8 Å². The third-order valence-corrected chi connectivity index (χ3v) is 7.83. The molecule has 5 rings (SSSR count). The van der Waals surface area contributed by atoms with E-state index in [9.17, 15) is 18.0 Å². The molecule has 0 aliphatic carbocycles. The van der Waals surface area contributed by atoms with E-state index in [0.717, 1.165) is 17.0 Å². The zero-order valence-electron chi connectivity index (χ0n) is 19.6. The molecule has 182 valence electrons. The number of sulfonamides is 1. The Morgan fingerprint density at radius 2 is 1.91 bits per heavy atom. The lowest BCUT2D eigenvalue weighted by Crippen LogP contribution is -2.54. The minimum atomic E-state index is -3.31. The van der Waals surface area contributed by atoms with E-state index in [0.29, 0.717) is 49.5 Å². The second-order valence-electron chi connectivity index (χ2n) is 9.08. The molecule has 9 nitrogen and oxygen atoms in total. The molecular weight excluding hydrogens is 466 g/mol. The van der Waals surface area contributed by atoms with Gasteiger partial charge in [-0.1, -0.05) is 18.2 Å². The summed E-state index contributed by atoms with van der Waals surface area (Å²) in [6.45, 7) is 3.60. The molecular formula is C25H27N5O4S. The van der Waals surface area contributed by atoms with Gasteiger partial charge < -0.3 is 14.8 Å². The normalized spacial score (nSPS) is 15.6. The molecule has 0 bridgehead atoms. The van der Waals surface area contributed by atoms with Crippen molar-refractivity contribution >= 4 is 33.2 Å². The number of carbonyl (C=O) groups is 2. The van der Waals surface area contributed by atoms with Crippen LogP contribution in [-0.2, 0) is 27.8 Å². The van der Waals surface area contributed by atoms with E-state index in [2.05, 4.69) is 10.3 Å². The molecule has 0 unspecified atom stereocenters. The number of carbonyl (C=O) groups excluding carboxylic acids is 2. The quantitative estimate of drug-likeness (QED) is 0.567. The first-order valence-electron chi connectivity index (χ1n) is 11.5. The van der Waals surface area contributed by atoms with Gasteiger partial charge in [-0.15, -0.1) is 0 Å². The van der Waals surface area contributed by atoms with Crippen LogP contribution in [0.2, 0.25) is 0 Å². The first-order chi connectivity index (χ1) is 16.7. The van der Waals surface area contributed by atoms with Crippen molar-refractivity contribution in [1.29, 1.82) is 0 Å². The fourth-order valence-electron chi connectivity index (χ4n) is 4.64. The zero-order valence-corrected chi connectivity index (χ0v) is 20.5. The Morgan fingerprint density at radius 3 is 2.63 bits per heavy atom. The first-order valence-corrected chi connectivity index (χ1v) is 13.3. The Balaban J connectivity index is 1.21. The molecule has 35 heavy (non-hydrogen) atoms. The van der Waals surface area contributed by atoms with Crippen LogP contribution in [0.25, 0.3) is 0 Å². The van der Waals surface area contributed by atoms with Gasteiger partial charge in [-0.05, 0) is 48.7 Å². The number of benzene rings is 2. The van der Waals surface area contributed by atoms with Crippen molar-refractivity contribution in [2.75, 3.05) is 35.5 Å². The minimum absolute atomic E-state index is 0.0826. The van der Waals surface area contributed by atoms with Crippen LogP contribution in [-0.4, -0.2) is 60.6 Å². The second-order valence-corrected chi connectivity index (χ2v) is 11.0. The highest BCUT2D eigenvalue weighted by molar-refractivity contribution is 7.92. The van der Waals surface area contributed by atoms with E-state index in [1.807, 2.05) is 48.0 Å². The van der Waals surface area contributed by atoms with Gasteiger partial charge in [0.2, 0.25) is 15.9 Å². The zero-order chi connectivity index (χ0) is 24.7. The number of aryl methyl sites for hydroxylation is 1. The summed E-state index contributed by atoms with van der Waals surface area (Å²) in [6.07, 6.45) is 5.42. The van der Waals surface area contributed by atoms with E-state index in [4.69, 9.17) is 0 Å². The highest BCUT2D eigenvalue weighted by atomic mass is 32.2. The standard InChI is InChI=1S/C25H27N5O4S/c1-17-26-10-12-28(17)14-19-5-3-4-6-22(19)25(32)29-15-20(16-29)24(31)27-21-7-8-23-18(13-21)9-11-30(23)35(2,33)34/h3-8,10,12-13,20H,9,11,14-16H2,1-2H3,(H,27,31). The number of hydrogen-bond donors (Lipinski definition) is 1. The number of imidazole rings is 1. The lowest BCUT2D eigenvalue weighted by atomic mass is 9.96. The summed E-state index contributed by atoms with van der Waals surface area (Å²) < 4.78 is 27.2. The maximum Gasteiger partial charge on any atom is 0.254 e. The fraction of sp³-hybridized carbons (Fsp3) is 0.320. The number of nitrogens with one attached hydrogen (secondary N) is 1. The van der Waals surface area contributed by atoms with Crippen molar-refractivity contribution in [1.82, 2.24) is 14.5 Å². The van der Waals surface area contributed by atoms with Gasteiger partial charge in [0.05, 0.1) is 17.9 Å². The van der Waals surface area contributed by atoms with Gasteiger partial charge in [0.1, 0.15) is 5.82 Å². The number of hydrogen-bond acceptors (Lipinski definition) is 5. The van der Waals surface area contributed by atoms with E-state index in [1.54, 1.807) is 23.2 Å². The lowest BCUT2D eigenvalue weighted by molar-refractivity contribution is -0.123. The number of aromatic nitrogens is 2. The fourth-order valence-corrected chi connectivity index (χ4v) is 5.60. The molecule has 3 heterocycles. The maximum atomic E-state index is 13.1. The summed E-state index contributed by atoms with van der Waals surface area (Å²) in [7, 11) is -3.31. The first kappa shape index (κ1) is 23.1. The topological polar surface area (TPSA) is 105 Å². The molecule has 10 heteroatoms. The van der Waals surface area contributed by atoms with Crippen molar-refractivity contribution in [2.24, 2.45) is 5.92 Å². The van der Waals surface area contributed by atoms with Crippen LogP contribution >= 0.6 is 0 Å². The Labute approximate surface area is 204 Å². The van der Waals surface area contributed by atoms with Gasteiger partial charge in [0.15, 0.2) is 0 Å². The van der Waals surface area contributed by atoms with Crippen molar-refractivity contribution < 1.29 is 18.0 Å². The van der Waals surface area contributed by atoms with Crippen LogP contribution < -0.4 is 9.62 Å². The van der Waals surface area contributed by atoms with E-state index in [1.165, 1.54) is 10.6 Å². The van der Waals surface area contributed by atoms with Gasteiger partial charge in [-0.2, -0.15) is 0 Å². The lowest BCUT2D eigenvalue weighted by Gasteiger charge is -2.38. The minimum Gasteiger partial charge on any atom is -0.337 e. The van der Waals surface area contributed by atoms with Crippen LogP contribution in [0.5, 0.6) is 0 Å². The number of nitrogens with zero attached hydrogens (tertiary/aromatic N) is 4. The van der Waals surface area contributed by atoms with Gasteiger partial charge in [-0.25, -0.2) is 13.4 Å². The van der Waals surface area contributed by atoms with Crippen LogP contribution in [0.1, 0.15) is 27.3 Å². The largest absolute Gasteiger partial charge is 0.337 e. The van der Waals surface area contributed by atoms with Crippen LogP contribution in [0.4, 0.5) is 11.4 Å². The molecule has 0 saturated carbocycles. The van der Waals surface area contributed by atoms with Crippen LogP contribution in [0.3, 0.4) is 0 Å². The summed E-state index contributed by atoms with van der Waals surface area (Å²) in [5.41, 5.74) is 3.73. The highest BCUT2D eigenvalue weighted by Crippen LogP contribution is 2.32. The number of anilines is 2. The van der Waals surface area contributed by atoms with E-state index in [-0.39, 0.29) is 17.7 Å². The van der Waals surface area contributed by atoms with Crippen LogP contribution in [0, 0.1) is 12.8 Å². The molecule has 2 aliphatic rings. The Bertz CT molecular complexity index is 1410. The summed E-state index contributed by atoms with van der Waals surface area (Å²) in [5.74, 6) is 0.362.